The molecule has 1 aromatic carbocycles. The highest BCUT2D eigenvalue weighted by molar-refractivity contribution is 5.72. The molecule has 4 rings (SSSR count). The zero-order valence-electron chi connectivity index (χ0n) is 17.6. The first-order valence-electron chi connectivity index (χ1n) is 9.72. The summed E-state index contributed by atoms with van der Waals surface area (Å²) >= 11 is 0. The SMILES string of the molecule is CCn1c(-n2nc(C)c(C)c2C)nc2c1c(=O)n(Cc1ccccc1F)c(=O)n2C. The van der Waals surface area contributed by atoms with Gasteiger partial charge in [0.15, 0.2) is 11.2 Å². The third-order valence-corrected chi connectivity index (χ3v) is 5.66. The van der Waals surface area contributed by atoms with E-state index in [1.54, 1.807) is 34.5 Å². The van der Waals surface area contributed by atoms with Crippen molar-refractivity contribution in [1.82, 2.24) is 28.5 Å². The zero-order chi connectivity index (χ0) is 21.7. The van der Waals surface area contributed by atoms with Crippen LogP contribution >= 0.6 is 0 Å². The topological polar surface area (TPSA) is 79.6 Å². The lowest BCUT2D eigenvalue weighted by atomic mass is 10.2. The van der Waals surface area contributed by atoms with Crippen LogP contribution in [0.1, 0.15) is 29.4 Å². The van der Waals surface area contributed by atoms with E-state index in [1.807, 2.05) is 27.7 Å². The maximum absolute atomic E-state index is 14.2. The highest BCUT2D eigenvalue weighted by Crippen LogP contribution is 2.20. The number of halogens is 1. The van der Waals surface area contributed by atoms with Gasteiger partial charge in [-0.15, -0.1) is 0 Å². The molecule has 0 aliphatic rings. The first-order valence-corrected chi connectivity index (χ1v) is 9.72. The van der Waals surface area contributed by atoms with Crippen LogP contribution in [-0.4, -0.2) is 28.5 Å². The third-order valence-electron chi connectivity index (χ3n) is 5.66. The van der Waals surface area contributed by atoms with Crippen molar-refractivity contribution in [2.45, 2.75) is 40.8 Å². The minimum atomic E-state index is -0.549. The minimum Gasteiger partial charge on any atom is -0.303 e. The van der Waals surface area contributed by atoms with Gasteiger partial charge < -0.3 is 4.57 Å². The van der Waals surface area contributed by atoms with Gasteiger partial charge in [0, 0.05) is 24.8 Å². The Bertz CT molecular complexity index is 1410. The average Bonchev–Trinajstić information content (AvgIpc) is 3.23. The second-order valence-electron chi connectivity index (χ2n) is 7.36. The summed E-state index contributed by atoms with van der Waals surface area (Å²) in [4.78, 5) is 30.9. The van der Waals surface area contributed by atoms with Gasteiger partial charge in [0.1, 0.15) is 5.82 Å². The number of nitrogens with zero attached hydrogens (tertiary/aromatic N) is 6. The van der Waals surface area contributed by atoms with Crippen LogP contribution in [0, 0.1) is 26.6 Å². The van der Waals surface area contributed by atoms with Crippen molar-refractivity contribution in [3.8, 4) is 5.95 Å². The van der Waals surface area contributed by atoms with Crippen molar-refractivity contribution < 1.29 is 4.39 Å². The largest absolute Gasteiger partial charge is 0.332 e. The summed E-state index contributed by atoms with van der Waals surface area (Å²) in [6.07, 6.45) is 0. The molecule has 0 radical (unpaired) electrons. The maximum Gasteiger partial charge on any atom is 0.332 e. The van der Waals surface area contributed by atoms with Crippen molar-refractivity contribution in [1.29, 1.82) is 0 Å². The fraction of sp³-hybridized carbons (Fsp3) is 0.333. The van der Waals surface area contributed by atoms with E-state index in [-0.39, 0.29) is 23.3 Å². The molecule has 30 heavy (non-hydrogen) atoms. The van der Waals surface area contributed by atoms with Crippen LogP contribution in [0.15, 0.2) is 33.9 Å². The number of aromatic nitrogens is 6. The van der Waals surface area contributed by atoms with E-state index < -0.39 is 17.1 Å². The Morgan fingerprint density at radius 1 is 1.07 bits per heavy atom. The van der Waals surface area contributed by atoms with Gasteiger partial charge >= 0.3 is 5.69 Å². The Morgan fingerprint density at radius 3 is 2.37 bits per heavy atom. The first kappa shape index (κ1) is 19.8. The molecule has 0 saturated heterocycles. The lowest BCUT2D eigenvalue weighted by Gasteiger charge is -2.10. The molecule has 0 spiro atoms. The quantitative estimate of drug-likeness (QED) is 0.517. The van der Waals surface area contributed by atoms with Crippen molar-refractivity contribution in [2.24, 2.45) is 7.05 Å². The van der Waals surface area contributed by atoms with E-state index in [1.165, 1.54) is 10.6 Å². The molecule has 156 valence electrons. The summed E-state index contributed by atoms with van der Waals surface area (Å²) in [5.41, 5.74) is 2.60. The van der Waals surface area contributed by atoms with Crippen molar-refractivity contribution in [3.63, 3.8) is 0 Å². The Hall–Kier alpha value is -3.49. The molecule has 8 nitrogen and oxygen atoms in total. The number of hydrogen-bond acceptors (Lipinski definition) is 4. The summed E-state index contributed by atoms with van der Waals surface area (Å²) in [5.74, 6) is 0.00583. The molecule has 0 unspecified atom stereocenters. The number of benzene rings is 1. The number of rotatable bonds is 4. The van der Waals surface area contributed by atoms with Crippen LogP contribution in [0.4, 0.5) is 4.39 Å². The second-order valence-corrected chi connectivity index (χ2v) is 7.36. The van der Waals surface area contributed by atoms with E-state index in [0.29, 0.717) is 12.5 Å². The van der Waals surface area contributed by atoms with Crippen molar-refractivity contribution in [2.75, 3.05) is 0 Å². The van der Waals surface area contributed by atoms with Crippen LogP contribution < -0.4 is 11.2 Å². The van der Waals surface area contributed by atoms with Gasteiger partial charge in [-0.3, -0.25) is 13.9 Å². The molecule has 0 fully saturated rings. The molecule has 0 atom stereocenters. The molecule has 0 saturated carbocycles. The molecule has 4 aromatic rings. The molecular formula is C21H23FN6O2. The van der Waals surface area contributed by atoms with E-state index in [2.05, 4.69) is 10.1 Å². The summed E-state index contributed by atoms with van der Waals surface area (Å²) in [6, 6.07) is 6.11. The molecule has 0 aliphatic carbocycles. The summed E-state index contributed by atoms with van der Waals surface area (Å²) in [7, 11) is 1.56. The summed E-state index contributed by atoms with van der Waals surface area (Å²) < 4.78 is 20.0. The van der Waals surface area contributed by atoms with E-state index >= 15 is 0 Å². The van der Waals surface area contributed by atoms with Gasteiger partial charge in [0.2, 0.25) is 5.95 Å². The van der Waals surface area contributed by atoms with Crippen LogP contribution in [-0.2, 0) is 20.1 Å². The van der Waals surface area contributed by atoms with Gasteiger partial charge in [-0.2, -0.15) is 10.1 Å². The van der Waals surface area contributed by atoms with Crippen LogP contribution in [0.5, 0.6) is 0 Å². The molecule has 9 heteroatoms. The van der Waals surface area contributed by atoms with E-state index in [9.17, 15) is 14.0 Å². The number of imidazole rings is 1. The Labute approximate surface area is 171 Å². The highest BCUT2D eigenvalue weighted by atomic mass is 19.1. The lowest BCUT2D eigenvalue weighted by molar-refractivity contribution is 0.581. The molecule has 3 aromatic heterocycles. The zero-order valence-corrected chi connectivity index (χ0v) is 17.6. The fourth-order valence-electron chi connectivity index (χ4n) is 3.67. The van der Waals surface area contributed by atoms with Crippen molar-refractivity contribution in [3.05, 3.63) is 73.4 Å². The molecule has 0 amide bonds. The van der Waals surface area contributed by atoms with Crippen molar-refractivity contribution >= 4 is 11.2 Å². The lowest BCUT2D eigenvalue weighted by Crippen LogP contribution is -2.40. The molecule has 0 bridgehead atoms. The summed E-state index contributed by atoms with van der Waals surface area (Å²) in [6.45, 7) is 8.02. The van der Waals surface area contributed by atoms with Crippen LogP contribution in [0.2, 0.25) is 0 Å². The predicted octanol–water partition coefficient (Wildman–Crippen LogP) is 2.21. The maximum atomic E-state index is 14.2. The number of hydrogen-bond donors (Lipinski definition) is 0. The molecule has 0 N–H and O–H groups in total. The second kappa shape index (κ2) is 7.08. The predicted molar refractivity (Wildman–Crippen MR) is 112 cm³/mol. The Morgan fingerprint density at radius 2 is 1.77 bits per heavy atom. The van der Waals surface area contributed by atoms with Gasteiger partial charge in [-0.05, 0) is 39.3 Å². The minimum absolute atomic E-state index is 0.155. The monoisotopic (exact) mass is 410 g/mol. The van der Waals surface area contributed by atoms with E-state index in [4.69, 9.17) is 0 Å². The Kier molecular flexibility index (Phi) is 4.68. The number of fused-ring (bicyclic) bond motifs is 1. The normalized spacial score (nSPS) is 11.5. The van der Waals surface area contributed by atoms with Gasteiger partial charge in [0.05, 0.1) is 12.2 Å². The standard InChI is InChI=1S/C21H23FN6O2/c1-6-26-17-18(23-20(26)28-14(4)12(2)13(3)24-28)25(5)21(30)27(19(17)29)11-15-9-7-8-10-16(15)22/h7-10H,6,11H2,1-5H3. The van der Waals surface area contributed by atoms with Gasteiger partial charge in [-0.1, -0.05) is 18.2 Å². The van der Waals surface area contributed by atoms with Crippen LogP contribution in [0.3, 0.4) is 0 Å². The highest BCUT2D eigenvalue weighted by Gasteiger charge is 2.23. The third kappa shape index (κ3) is 2.80. The summed E-state index contributed by atoms with van der Waals surface area (Å²) in [5, 5.41) is 4.55. The van der Waals surface area contributed by atoms with Crippen LogP contribution in [0.25, 0.3) is 17.1 Å². The smallest absolute Gasteiger partial charge is 0.303 e. The van der Waals surface area contributed by atoms with E-state index in [0.717, 1.165) is 21.5 Å². The number of aryl methyl sites for hydroxylation is 3. The molecule has 0 aliphatic heterocycles. The first-order chi connectivity index (χ1) is 14.3. The molecular weight excluding hydrogens is 387 g/mol. The Balaban J connectivity index is 2.03. The fourth-order valence-corrected chi connectivity index (χ4v) is 3.67. The van der Waals surface area contributed by atoms with Gasteiger partial charge in [0.25, 0.3) is 5.56 Å². The average molecular weight is 410 g/mol. The van der Waals surface area contributed by atoms with Gasteiger partial charge in [-0.25, -0.2) is 13.9 Å². The molecule has 3 heterocycles.